The molecule has 26 heavy (non-hydrogen) atoms. The van der Waals surface area contributed by atoms with Gasteiger partial charge in [0.15, 0.2) is 0 Å². The molecule has 2 aromatic carbocycles. The maximum Gasteiger partial charge on any atom is 1.00 e. The molecule has 6 heteroatoms. The molecule has 0 bridgehead atoms. The second-order valence-corrected chi connectivity index (χ2v) is 8.70. The van der Waals surface area contributed by atoms with E-state index in [9.17, 15) is 19.0 Å². The summed E-state index contributed by atoms with van der Waals surface area (Å²) in [6.07, 6.45) is 0. The zero-order chi connectivity index (χ0) is 19.1. The largest absolute Gasteiger partial charge is 1.00 e. The van der Waals surface area contributed by atoms with Gasteiger partial charge in [-0.1, -0.05) is 35.4 Å². The number of hydrogen-bond acceptors (Lipinski definition) is 3. The van der Waals surface area contributed by atoms with Crippen LogP contribution in [-0.4, -0.2) is 15.9 Å². The van der Waals surface area contributed by atoms with Gasteiger partial charge in [0.2, 0.25) is 0 Å². The third-order valence-corrected chi connectivity index (χ3v) is 5.88. The Labute approximate surface area is 178 Å². The summed E-state index contributed by atoms with van der Waals surface area (Å²) in [5.74, 6) is 0. The molecule has 0 fully saturated rings. The minimum absolute atomic E-state index is 0. The molecule has 4 nitrogen and oxygen atoms in total. The molecule has 0 aliphatic rings. The minimum Gasteiger partial charge on any atom is -1.00 e. The molecule has 0 spiro atoms. The van der Waals surface area contributed by atoms with Gasteiger partial charge in [0.05, 0.1) is 0 Å². The second-order valence-electron chi connectivity index (χ2n) is 6.73. The van der Waals surface area contributed by atoms with Crippen molar-refractivity contribution in [3.8, 4) is 0 Å². The normalized spacial score (nSPS) is 11.0. The molecule has 2 rings (SSSR count). The fraction of sp³-hybridized carbons (Fsp3) is 0.300. The van der Waals surface area contributed by atoms with E-state index in [1.165, 1.54) is 0 Å². The van der Waals surface area contributed by atoms with Gasteiger partial charge < -0.3 is 6.32 Å². The summed E-state index contributed by atoms with van der Waals surface area (Å²) >= 11 is 0. The molecular formula is C20H24NaO4P. The number of carbonyl (C=O) groups is 2. The smallest absolute Gasteiger partial charge is 1.00 e. The van der Waals surface area contributed by atoms with Crippen LogP contribution in [0, 0.1) is 41.5 Å². The van der Waals surface area contributed by atoms with Gasteiger partial charge in [-0.3, -0.25) is 14.2 Å². The van der Waals surface area contributed by atoms with E-state index in [4.69, 9.17) is 0 Å². The van der Waals surface area contributed by atoms with Gasteiger partial charge in [-0.25, -0.2) is 0 Å². The predicted octanol–water partition coefficient (Wildman–Crippen LogP) is 1.90. The third-order valence-electron chi connectivity index (χ3n) is 4.33. The molecule has 0 aliphatic heterocycles. The first-order chi connectivity index (χ1) is 11.5. The monoisotopic (exact) mass is 382 g/mol. The molecule has 0 amide bonds. The van der Waals surface area contributed by atoms with Gasteiger partial charge in [0, 0.05) is 11.1 Å². The van der Waals surface area contributed by atoms with Gasteiger partial charge >= 0.3 is 36.9 Å². The van der Waals surface area contributed by atoms with Crippen LogP contribution in [0.3, 0.4) is 0 Å². The Morgan fingerprint density at radius 2 is 0.962 bits per heavy atom. The average molecular weight is 382 g/mol. The predicted molar refractivity (Wildman–Crippen MR) is 101 cm³/mol. The van der Waals surface area contributed by atoms with Crippen LogP contribution in [0.25, 0.3) is 0 Å². The number of aryl methyl sites for hydroxylation is 6. The van der Waals surface area contributed by atoms with Crippen molar-refractivity contribution in [1.82, 2.24) is 0 Å². The summed E-state index contributed by atoms with van der Waals surface area (Å²) in [6.45, 7) is 10.6. The summed E-state index contributed by atoms with van der Waals surface area (Å²) < 4.78 is 12.8. The maximum absolute atomic E-state index is 12.8. The van der Waals surface area contributed by atoms with E-state index in [0.29, 0.717) is 22.3 Å². The van der Waals surface area contributed by atoms with Crippen molar-refractivity contribution in [1.29, 1.82) is 0 Å². The molecule has 0 heterocycles. The molecule has 2 aromatic rings. The molecule has 0 atom stereocenters. The van der Waals surface area contributed by atoms with Crippen molar-refractivity contribution in [2.24, 2.45) is 0 Å². The Bertz CT molecular complexity index is 833. The van der Waals surface area contributed by atoms with Crippen LogP contribution in [0.15, 0.2) is 24.3 Å². The van der Waals surface area contributed by atoms with Gasteiger partial charge in [-0.15, -0.1) is 0 Å². The van der Waals surface area contributed by atoms with Gasteiger partial charge in [-0.05, 0) is 63.8 Å². The van der Waals surface area contributed by atoms with Crippen LogP contribution in [0.1, 0.15) is 55.5 Å². The van der Waals surface area contributed by atoms with E-state index in [0.717, 1.165) is 11.1 Å². The zero-order valence-corrected chi connectivity index (χ0v) is 19.3. The molecule has 0 aliphatic carbocycles. The summed E-state index contributed by atoms with van der Waals surface area (Å²) in [5, 5.41) is 0. The van der Waals surface area contributed by atoms with Crippen LogP contribution in [0.5, 0.6) is 0 Å². The van der Waals surface area contributed by atoms with E-state index in [-0.39, 0.29) is 42.1 Å². The van der Waals surface area contributed by atoms with E-state index in [1.54, 1.807) is 52.0 Å². The summed E-state index contributed by atoms with van der Waals surface area (Å²) in [5.41, 5.74) is 2.64. The van der Waals surface area contributed by atoms with Crippen molar-refractivity contribution in [2.45, 2.75) is 41.5 Å². The molecule has 0 aromatic heterocycles. The van der Waals surface area contributed by atoms with E-state index >= 15 is 0 Å². The third kappa shape index (κ3) is 4.27. The fourth-order valence-electron chi connectivity index (χ4n) is 3.43. The fourth-order valence-corrected chi connectivity index (χ4v) is 4.93. The maximum atomic E-state index is 12.8. The van der Waals surface area contributed by atoms with Crippen LogP contribution >= 0.6 is 7.37 Å². The zero-order valence-electron chi connectivity index (χ0n) is 17.4. The summed E-state index contributed by atoms with van der Waals surface area (Å²) in [6, 6.07) is 7.08. The van der Waals surface area contributed by atoms with E-state index < -0.39 is 18.4 Å². The van der Waals surface area contributed by atoms with Gasteiger partial charge in [0.1, 0.15) is 0 Å². The summed E-state index contributed by atoms with van der Waals surface area (Å²) in [7, 11) is -4.73. The number of rotatable bonds is 4. The van der Waals surface area contributed by atoms with Crippen LogP contribution in [0.2, 0.25) is 0 Å². The molecule has 1 N–H and O–H groups in total. The molecule has 134 valence electrons. The van der Waals surface area contributed by atoms with Crippen molar-refractivity contribution in [3.63, 3.8) is 0 Å². The average Bonchev–Trinajstić information content (AvgIpc) is 2.44. The first-order valence-electron chi connectivity index (χ1n) is 8.05. The number of hydrogen-bond donors (Lipinski definition) is 1. The molecule has 0 saturated heterocycles. The van der Waals surface area contributed by atoms with Crippen LogP contribution in [-0.2, 0) is 4.57 Å². The number of carbonyl (C=O) groups excluding carboxylic acids is 2. The minimum atomic E-state index is -4.73. The van der Waals surface area contributed by atoms with Crippen molar-refractivity contribution >= 4 is 18.4 Å². The molecular weight excluding hydrogens is 358 g/mol. The summed E-state index contributed by atoms with van der Waals surface area (Å²) in [4.78, 5) is 36.0. The van der Waals surface area contributed by atoms with E-state index in [1.807, 2.05) is 13.8 Å². The van der Waals surface area contributed by atoms with E-state index in [2.05, 4.69) is 0 Å². The Morgan fingerprint density at radius 3 is 1.19 bits per heavy atom. The van der Waals surface area contributed by atoms with Crippen molar-refractivity contribution in [3.05, 3.63) is 68.8 Å². The Balaban J connectivity index is 0.00000338. The first-order valence-corrected chi connectivity index (χ1v) is 9.71. The number of benzene rings is 2. The van der Waals surface area contributed by atoms with Crippen molar-refractivity contribution < 1.29 is 50.0 Å². The first kappa shape index (κ1) is 23.0. The SMILES string of the molecule is Cc1cc(C)c(C(=O)P(=O)(O)C(=O)c2c(C)cc(C)cc2C)c(C)c1.[H-].[Na+]. The quantitative estimate of drug-likeness (QED) is 0.648. The topological polar surface area (TPSA) is 71.4 Å². The van der Waals surface area contributed by atoms with Gasteiger partial charge in [-0.2, -0.15) is 0 Å². The van der Waals surface area contributed by atoms with Crippen LogP contribution < -0.4 is 29.6 Å². The standard InChI is InChI=1S/C20H23O4P.Na.H/c1-11-7-13(3)17(14(4)8-11)19(21)25(23,24)20(22)18-15(5)9-12(2)10-16(18)6;;/h7-10H,1-6H3,(H,23,24);;/q;+1;-1. The van der Waals surface area contributed by atoms with Crippen LogP contribution in [0.4, 0.5) is 0 Å². The second kappa shape index (κ2) is 8.33. The Hall–Kier alpha value is -1.03. The van der Waals surface area contributed by atoms with Gasteiger partial charge in [0.25, 0.3) is 11.0 Å². The Kier molecular flexibility index (Phi) is 7.37. The molecule has 0 unspecified atom stereocenters. The Morgan fingerprint density at radius 1 is 0.731 bits per heavy atom. The molecule has 0 saturated carbocycles. The molecule has 0 radical (unpaired) electrons. The van der Waals surface area contributed by atoms with Crippen molar-refractivity contribution in [2.75, 3.05) is 0 Å².